The van der Waals surface area contributed by atoms with Crippen molar-refractivity contribution in [3.63, 3.8) is 0 Å². The average molecular weight is 857 g/mol. The molecule has 3 atom stereocenters. The van der Waals surface area contributed by atoms with Crippen molar-refractivity contribution in [3.05, 3.63) is 146 Å². The lowest BCUT2D eigenvalue weighted by atomic mass is 9.80. The predicted molar refractivity (Wildman–Crippen MR) is 249 cm³/mol. The van der Waals surface area contributed by atoms with Crippen LogP contribution in [0.4, 0.5) is 0 Å². The van der Waals surface area contributed by atoms with Gasteiger partial charge in [0.05, 0.1) is 23.8 Å². The van der Waals surface area contributed by atoms with Gasteiger partial charge in [-0.3, -0.25) is 9.80 Å². The Kier molecular flexibility index (Phi) is 11.2. The topological polar surface area (TPSA) is 131 Å². The normalized spacial score (nSPS) is 21.6. The number of methoxy groups -OCH3 is 1. The molecule has 10 rings (SSSR count). The second kappa shape index (κ2) is 17.1. The molecule has 1 spiro atoms. The molecule has 1 aliphatic carbocycles. The maximum absolute atomic E-state index is 13.0. The largest absolute Gasteiger partial charge is 0.496 e. The van der Waals surface area contributed by atoms with E-state index >= 15 is 0 Å². The fourth-order valence-electron chi connectivity index (χ4n) is 11.1. The molecule has 2 aromatic heterocycles. The number of piperidine rings is 1. The third-order valence-corrected chi connectivity index (χ3v) is 14.6. The summed E-state index contributed by atoms with van der Waals surface area (Å²) >= 11 is 0. The summed E-state index contributed by atoms with van der Waals surface area (Å²) in [5.41, 5.74) is 12.4. The van der Waals surface area contributed by atoms with Crippen molar-refractivity contribution in [2.24, 2.45) is 5.92 Å². The van der Waals surface area contributed by atoms with Crippen molar-refractivity contribution in [3.8, 4) is 17.6 Å². The Bertz CT molecular complexity index is 2870. The van der Waals surface area contributed by atoms with Gasteiger partial charge < -0.3 is 29.7 Å². The minimum atomic E-state index is -0.951. The van der Waals surface area contributed by atoms with E-state index in [-0.39, 0.29) is 28.8 Å². The number of rotatable bonds is 12. The molecular weight excluding hydrogens is 801 g/mol. The zero-order valence-corrected chi connectivity index (χ0v) is 36.9. The molecule has 1 saturated carbocycles. The summed E-state index contributed by atoms with van der Waals surface area (Å²) < 4.78 is 12.8. The quantitative estimate of drug-likeness (QED) is 0.0707. The van der Waals surface area contributed by atoms with Gasteiger partial charge in [0.25, 0.3) is 0 Å². The van der Waals surface area contributed by atoms with Gasteiger partial charge in [-0.25, -0.2) is 9.59 Å². The van der Waals surface area contributed by atoms with Crippen LogP contribution in [0.3, 0.4) is 0 Å². The Morgan fingerprint density at radius 1 is 0.859 bits per heavy atom. The van der Waals surface area contributed by atoms with Crippen molar-refractivity contribution < 1.29 is 29.3 Å². The average Bonchev–Trinajstić information content (AvgIpc) is 3.60. The number of carbonyl (C=O) groups is 2. The smallest absolute Gasteiger partial charge is 0.335 e. The minimum absolute atomic E-state index is 0.000828. The highest BCUT2D eigenvalue weighted by Crippen LogP contribution is 2.47. The van der Waals surface area contributed by atoms with E-state index in [1.54, 1.807) is 25.3 Å². The van der Waals surface area contributed by atoms with Crippen molar-refractivity contribution >= 4 is 33.7 Å². The van der Waals surface area contributed by atoms with E-state index in [4.69, 9.17) is 9.47 Å². The van der Waals surface area contributed by atoms with Crippen LogP contribution in [0, 0.1) is 24.7 Å². The molecule has 0 radical (unpaired) electrons. The first-order valence-electron chi connectivity index (χ1n) is 22.8. The lowest BCUT2D eigenvalue weighted by Gasteiger charge is -2.45. The first kappa shape index (κ1) is 41.9. The van der Waals surface area contributed by atoms with Gasteiger partial charge in [-0.2, -0.15) is 0 Å². The number of H-pyrrole nitrogens is 2. The van der Waals surface area contributed by atoms with Gasteiger partial charge >= 0.3 is 11.9 Å². The Hall–Kier alpha value is -6.12. The lowest BCUT2D eigenvalue weighted by Crippen LogP contribution is -2.45. The van der Waals surface area contributed by atoms with E-state index in [1.807, 2.05) is 37.5 Å². The summed E-state index contributed by atoms with van der Waals surface area (Å²) in [5.74, 6) is 6.08. The van der Waals surface area contributed by atoms with Gasteiger partial charge in [0, 0.05) is 96.6 Å². The monoisotopic (exact) mass is 856 g/mol. The van der Waals surface area contributed by atoms with Crippen LogP contribution in [0.15, 0.2) is 90.8 Å². The number of carboxylic acid groups (broad SMARTS) is 2. The molecule has 0 bridgehead atoms. The Morgan fingerprint density at radius 3 is 2.31 bits per heavy atom. The Balaban J connectivity index is 0.998. The molecule has 2 saturated heterocycles. The molecular formula is C54H56N4O6. The molecule has 3 fully saturated rings. The summed E-state index contributed by atoms with van der Waals surface area (Å²) in [7, 11) is 1.71. The molecule has 5 heterocycles. The maximum atomic E-state index is 13.0. The number of hydrogen-bond donors (Lipinski definition) is 4. The van der Waals surface area contributed by atoms with Crippen molar-refractivity contribution in [2.75, 3.05) is 26.8 Å². The fourth-order valence-corrected chi connectivity index (χ4v) is 11.1. The number of aromatic nitrogens is 2. The number of hydrogen-bond acceptors (Lipinski definition) is 6. The van der Waals surface area contributed by atoms with Crippen LogP contribution in [0.25, 0.3) is 21.8 Å². The third kappa shape index (κ3) is 7.91. The minimum Gasteiger partial charge on any atom is -0.496 e. The number of likely N-dealkylation sites (tertiary alicyclic amines) is 1. The van der Waals surface area contributed by atoms with E-state index in [9.17, 15) is 19.8 Å². The van der Waals surface area contributed by atoms with Gasteiger partial charge in [0.2, 0.25) is 0 Å². The Morgan fingerprint density at radius 2 is 1.61 bits per heavy atom. The molecule has 64 heavy (non-hydrogen) atoms. The summed E-state index contributed by atoms with van der Waals surface area (Å²) in [5, 5.41) is 22.5. The molecule has 6 aromatic rings. The standard InChI is InChI=1S/C54H56N4O6/c1-4-6-38-25-33(2)50-43(15-20-55-50)45(38)31-58-23-19-54(18-5-24-64-54)30-48(58)39-13-14-42(53(61)62)40(26-39)27-41-29-49(63-3)46(44-16-21-56-51(41)44)32-57-22-17-37(34-7-8-34)28-47(57)35-9-11-36(12-10-35)52(59)60/h9-17,20-21,25-26,29,34,47-48,55-56H,5,7-8,18-19,22-24,27-28,30-32H2,1-3H3,(H,59,60)(H,61,62)/t47-,48-,54?/m0/s1. The number of nitrogens with one attached hydrogen (secondary N) is 2. The number of ether oxygens (including phenoxy) is 2. The van der Waals surface area contributed by atoms with Crippen molar-refractivity contribution in [2.45, 2.75) is 96.0 Å². The molecule has 4 aromatic carbocycles. The molecule has 4 aliphatic rings. The number of benzene rings is 4. The van der Waals surface area contributed by atoms with Gasteiger partial charge in [-0.15, -0.1) is 5.92 Å². The van der Waals surface area contributed by atoms with Crippen LogP contribution < -0.4 is 4.74 Å². The summed E-state index contributed by atoms with van der Waals surface area (Å²) in [6.45, 7) is 7.75. The summed E-state index contributed by atoms with van der Waals surface area (Å²) in [6, 6.07) is 21.9. The molecule has 10 heteroatoms. The third-order valence-electron chi connectivity index (χ3n) is 14.6. The number of aromatic amines is 2. The first-order chi connectivity index (χ1) is 31.1. The Labute approximate surface area is 374 Å². The molecule has 4 N–H and O–H groups in total. The fraction of sp³-hybridized carbons (Fsp3) is 0.370. The summed E-state index contributed by atoms with van der Waals surface area (Å²) in [4.78, 5) is 36.7. The van der Waals surface area contributed by atoms with E-state index < -0.39 is 11.9 Å². The van der Waals surface area contributed by atoms with Crippen LogP contribution in [-0.2, 0) is 24.2 Å². The zero-order chi connectivity index (χ0) is 44.1. The van der Waals surface area contributed by atoms with Gasteiger partial charge in [-0.1, -0.05) is 41.8 Å². The van der Waals surface area contributed by atoms with Crippen LogP contribution in [-0.4, -0.2) is 74.3 Å². The van der Waals surface area contributed by atoms with E-state index in [0.717, 1.165) is 107 Å². The number of aromatic carboxylic acids is 2. The van der Waals surface area contributed by atoms with Gasteiger partial charge in [0.15, 0.2) is 0 Å². The maximum Gasteiger partial charge on any atom is 0.335 e. The number of fused-ring (bicyclic) bond motifs is 2. The molecule has 0 amide bonds. The molecule has 10 nitrogen and oxygen atoms in total. The highest BCUT2D eigenvalue weighted by Gasteiger charge is 2.44. The van der Waals surface area contributed by atoms with E-state index in [2.05, 4.69) is 74.9 Å². The second-order valence-electron chi connectivity index (χ2n) is 18.4. The summed E-state index contributed by atoms with van der Waals surface area (Å²) in [6.07, 6.45) is 14.0. The lowest BCUT2D eigenvalue weighted by molar-refractivity contribution is -0.0675. The van der Waals surface area contributed by atoms with E-state index in [1.165, 1.54) is 34.9 Å². The van der Waals surface area contributed by atoms with Crippen LogP contribution in [0.2, 0.25) is 0 Å². The predicted octanol–water partition coefficient (Wildman–Crippen LogP) is 10.5. The van der Waals surface area contributed by atoms with Crippen LogP contribution >= 0.6 is 0 Å². The number of carboxylic acids is 2. The first-order valence-corrected chi connectivity index (χ1v) is 22.8. The molecule has 1 unspecified atom stereocenters. The number of nitrogens with zero attached hydrogens (tertiary/aromatic N) is 2. The van der Waals surface area contributed by atoms with Gasteiger partial charge in [-0.05, 0) is 141 Å². The highest BCUT2D eigenvalue weighted by molar-refractivity contribution is 5.92. The molecule has 328 valence electrons. The van der Waals surface area contributed by atoms with Crippen LogP contribution in [0.1, 0.15) is 129 Å². The van der Waals surface area contributed by atoms with Crippen LogP contribution in [0.5, 0.6) is 5.75 Å². The van der Waals surface area contributed by atoms with E-state index in [0.29, 0.717) is 25.4 Å². The zero-order valence-electron chi connectivity index (χ0n) is 36.9. The SMILES string of the molecule is CC#Cc1cc(C)c2[nH]ccc2c1CN1CCC2(CCCO2)C[C@H]1c1ccc(C(=O)O)c(Cc2cc(OC)c(CN3CC=C(C4CC4)C[C@H]3c3ccc(C(=O)O)cc3)c3cc[nH]c23)c1. The second-order valence-corrected chi connectivity index (χ2v) is 18.4. The van der Waals surface area contributed by atoms with Crippen molar-refractivity contribution in [1.29, 1.82) is 0 Å². The van der Waals surface area contributed by atoms with Gasteiger partial charge in [0.1, 0.15) is 5.75 Å². The number of aryl methyl sites for hydroxylation is 1. The molecule has 3 aliphatic heterocycles. The highest BCUT2D eigenvalue weighted by atomic mass is 16.5. The van der Waals surface area contributed by atoms with Crippen molar-refractivity contribution in [1.82, 2.24) is 19.8 Å².